The summed E-state index contributed by atoms with van der Waals surface area (Å²) in [6.07, 6.45) is 0. The molecule has 0 saturated heterocycles. The molecule has 0 aliphatic rings. The molecule has 0 amide bonds. The van der Waals surface area contributed by atoms with E-state index >= 15 is 0 Å². The van der Waals surface area contributed by atoms with Gasteiger partial charge in [0.2, 0.25) is 0 Å². The van der Waals surface area contributed by atoms with Crippen LogP contribution in [0.15, 0.2) is 42.5 Å². The van der Waals surface area contributed by atoms with Crippen molar-refractivity contribution in [2.75, 3.05) is 14.1 Å². The maximum absolute atomic E-state index is 12.8. The first-order chi connectivity index (χ1) is 11.4. The molecule has 4 rings (SSSR count). The van der Waals surface area contributed by atoms with Crippen molar-refractivity contribution in [2.45, 2.75) is 0 Å². The molecule has 0 aliphatic heterocycles. The highest BCUT2D eigenvalue weighted by atomic mass is 35.5. The maximum Gasteiger partial charge on any atom is 0.309 e. The van der Waals surface area contributed by atoms with Gasteiger partial charge in [0.15, 0.2) is 5.65 Å². The molecule has 0 atom stereocenters. The monoisotopic (exact) mass is 360 g/mol. The van der Waals surface area contributed by atoms with Crippen molar-refractivity contribution < 1.29 is 8.42 Å². The van der Waals surface area contributed by atoms with Gasteiger partial charge in [0.05, 0.1) is 16.6 Å². The molecule has 2 aromatic carbocycles. The minimum Gasteiger partial charge on any atom is -0.242 e. The van der Waals surface area contributed by atoms with Gasteiger partial charge in [0.25, 0.3) is 0 Å². The van der Waals surface area contributed by atoms with Crippen molar-refractivity contribution in [2.24, 2.45) is 0 Å². The number of hydrogen-bond donors (Lipinski definition) is 0. The lowest BCUT2D eigenvalue weighted by molar-refractivity contribution is 0.514. The Morgan fingerprint density at radius 2 is 1.71 bits per heavy atom. The molecular weight excluding hydrogens is 348 g/mol. The normalized spacial score (nSPS) is 12.7. The van der Waals surface area contributed by atoms with Crippen LogP contribution in [0.3, 0.4) is 0 Å². The summed E-state index contributed by atoms with van der Waals surface area (Å²) >= 11 is 6.11. The number of rotatable bonds is 2. The summed E-state index contributed by atoms with van der Waals surface area (Å²) in [6.45, 7) is 0. The number of nitrogens with zero attached hydrogens (tertiary/aromatic N) is 4. The molecule has 2 heterocycles. The molecule has 0 spiro atoms. The molecule has 122 valence electrons. The minimum atomic E-state index is -3.76. The molecule has 0 N–H and O–H groups in total. The summed E-state index contributed by atoms with van der Waals surface area (Å²) in [6, 6.07) is 12.4. The quantitative estimate of drug-likeness (QED) is 0.551. The van der Waals surface area contributed by atoms with Crippen LogP contribution in [0, 0.1) is 0 Å². The van der Waals surface area contributed by atoms with E-state index in [-0.39, 0.29) is 0 Å². The fourth-order valence-corrected chi connectivity index (χ4v) is 3.95. The van der Waals surface area contributed by atoms with Crippen LogP contribution < -0.4 is 0 Å². The summed E-state index contributed by atoms with van der Waals surface area (Å²) in [5, 5.41) is 1.17. The predicted octanol–water partition coefficient (Wildman–Crippen LogP) is 3.05. The van der Waals surface area contributed by atoms with E-state index < -0.39 is 10.2 Å². The van der Waals surface area contributed by atoms with E-state index in [9.17, 15) is 8.42 Å². The van der Waals surface area contributed by atoms with Gasteiger partial charge in [-0.05, 0) is 30.3 Å². The highest BCUT2D eigenvalue weighted by Crippen LogP contribution is 2.31. The second-order valence-electron chi connectivity index (χ2n) is 5.60. The zero-order valence-corrected chi connectivity index (χ0v) is 14.5. The second kappa shape index (κ2) is 5.14. The van der Waals surface area contributed by atoms with Crippen LogP contribution in [0.2, 0.25) is 5.02 Å². The van der Waals surface area contributed by atoms with Gasteiger partial charge >= 0.3 is 10.2 Å². The molecule has 2 aromatic heterocycles. The van der Waals surface area contributed by atoms with Crippen LogP contribution in [0.1, 0.15) is 0 Å². The van der Waals surface area contributed by atoms with Crippen LogP contribution in [-0.4, -0.2) is 40.8 Å². The third-order valence-electron chi connectivity index (χ3n) is 3.87. The molecule has 4 aromatic rings. The average Bonchev–Trinajstić information content (AvgIpc) is 2.86. The summed E-state index contributed by atoms with van der Waals surface area (Å²) in [5.74, 6) is 0. The van der Waals surface area contributed by atoms with Gasteiger partial charge < -0.3 is 0 Å². The van der Waals surface area contributed by atoms with Crippen molar-refractivity contribution in [3.05, 3.63) is 47.5 Å². The van der Waals surface area contributed by atoms with E-state index in [4.69, 9.17) is 11.6 Å². The Balaban J connectivity index is 2.29. The Morgan fingerprint density at radius 3 is 2.38 bits per heavy atom. The minimum absolute atomic E-state index is 0.291. The number of fused-ring (bicyclic) bond motifs is 4. The Morgan fingerprint density at radius 1 is 1.04 bits per heavy atom. The third kappa shape index (κ3) is 2.09. The molecule has 0 unspecified atom stereocenters. The molecule has 0 bridgehead atoms. The Kier molecular flexibility index (Phi) is 3.28. The van der Waals surface area contributed by atoms with Gasteiger partial charge in [-0.3, -0.25) is 0 Å². The standard InChI is InChI=1S/C16H13ClN4O2S/c1-20(2)24(22,23)21-14-8-7-10(17)9-11(14)15-16(21)19-13-6-4-3-5-12(13)18-15/h3-9H,1-2H3. The van der Waals surface area contributed by atoms with Crippen molar-refractivity contribution in [1.82, 2.24) is 18.2 Å². The first-order valence-corrected chi connectivity index (χ1v) is 8.96. The van der Waals surface area contributed by atoms with Crippen molar-refractivity contribution in [1.29, 1.82) is 0 Å². The van der Waals surface area contributed by atoms with E-state index in [2.05, 4.69) is 9.97 Å². The van der Waals surface area contributed by atoms with Gasteiger partial charge in [-0.15, -0.1) is 0 Å². The number of benzene rings is 2. The van der Waals surface area contributed by atoms with Gasteiger partial charge in [0, 0.05) is 24.5 Å². The van der Waals surface area contributed by atoms with Crippen LogP contribution in [-0.2, 0) is 10.2 Å². The van der Waals surface area contributed by atoms with Crippen molar-refractivity contribution in [3.8, 4) is 0 Å². The van der Waals surface area contributed by atoms with Crippen molar-refractivity contribution in [3.63, 3.8) is 0 Å². The number of aromatic nitrogens is 3. The molecule has 0 aliphatic carbocycles. The van der Waals surface area contributed by atoms with Gasteiger partial charge in [-0.1, -0.05) is 23.7 Å². The number of para-hydroxylation sites is 2. The van der Waals surface area contributed by atoms with Gasteiger partial charge in [-0.25, -0.2) is 13.9 Å². The summed E-state index contributed by atoms with van der Waals surface area (Å²) in [5.41, 5.74) is 2.63. The van der Waals surface area contributed by atoms with E-state index in [1.807, 2.05) is 18.2 Å². The maximum atomic E-state index is 12.8. The van der Waals surface area contributed by atoms with Crippen LogP contribution >= 0.6 is 11.6 Å². The molecular formula is C16H13ClN4O2S. The van der Waals surface area contributed by atoms with Gasteiger partial charge in [-0.2, -0.15) is 12.7 Å². The SMILES string of the molecule is CN(C)S(=O)(=O)n1c2ccc(Cl)cc2c2nc3ccccc3nc21. The summed E-state index contributed by atoms with van der Waals surface area (Å²) < 4.78 is 28.0. The fraction of sp³-hybridized carbons (Fsp3) is 0.125. The van der Waals surface area contributed by atoms with Gasteiger partial charge in [0.1, 0.15) is 5.52 Å². The Labute approximate surface area is 143 Å². The van der Waals surface area contributed by atoms with E-state index in [1.165, 1.54) is 18.1 Å². The first-order valence-electron chi connectivity index (χ1n) is 7.19. The lowest BCUT2D eigenvalue weighted by atomic mass is 10.2. The van der Waals surface area contributed by atoms with Crippen LogP contribution in [0.4, 0.5) is 0 Å². The van der Waals surface area contributed by atoms with Crippen LogP contribution in [0.25, 0.3) is 33.1 Å². The predicted molar refractivity (Wildman–Crippen MR) is 95.6 cm³/mol. The second-order valence-corrected chi connectivity index (χ2v) is 8.03. The smallest absolute Gasteiger partial charge is 0.242 e. The molecule has 0 saturated carbocycles. The topological polar surface area (TPSA) is 68.1 Å². The largest absolute Gasteiger partial charge is 0.309 e. The van der Waals surface area contributed by atoms with E-state index in [0.717, 1.165) is 4.31 Å². The zero-order valence-electron chi connectivity index (χ0n) is 12.9. The lowest BCUT2D eigenvalue weighted by Gasteiger charge is -2.14. The fourth-order valence-electron chi connectivity index (χ4n) is 2.70. The average molecular weight is 361 g/mol. The zero-order chi connectivity index (χ0) is 17.1. The highest BCUT2D eigenvalue weighted by molar-refractivity contribution is 7.87. The van der Waals surface area contributed by atoms with E-state index in [1.54, 1.807) is 24.3 Å². The lowest BCUT2D eigenvalue weighted by Crippen LogP contribution is -2.28. The molecule has 24 heavy (non-hydrogen) atoms. The number of hydrogen-bond acceptors (Lipinski definition) is 4. The highest BCUT2D eigenvalue weighted by Gasteiger charge is 2.25. The first kappa shape index (κ1) is 15.3. The Hall–Kier alpha value is -2.22. The number of halogens is 1. The third-order valence-corrected chi connectivity index (χ3v) is 5.86. The molecule has 0 radical (unpaired) electrons. The Bertz CT molecular complexity index is 1220. The molecule has 8 heteroatoms. The molecule has 6 nitrogen and oxygen atoms in total. The van der Waals surface area contributed by atoms with Crippen LogP contribution in [0.5, 0.6) is 0 Å². The summed E-state index contributed by atoms with van der Waals surface area (Å²) in [4.78, 5) is 9.16. The van der Waals surface area contributed by atoms with Crippen molar-refractivity contribution >= 4 is 54.9 Å². The summed E-state index contributed by atoms with van der Waals surface area (Å²) in [7, 11) is -0.797. The van der Waals surface area contributed by atoms with E-state index in [0.29, 0.717) is 38.1 Å². The molecule has 0 fully saturated rings.